The SMILES string of the molecule is CO/N=C(\C(=O)N[C@@H]1C(=O)N2C(C(=O)O)=C(/C=C3/OC(=O)C(C)=C3OC)CS[C@H]12)c1csc(N)n1. The van der Waals surface area contributed by atoms with Crippen molar-refractivity contribution in [3.8, 4) is 0 Å². The Morgan fingerprint density at radius 2 is 2.14 bits per heavy atom. The van der Waals surface area contributed by atoms with Gasteiger partial charge in [-0.25, -0.2) is 14.6 Å². The molecule has 0 aromatic carbocycles. The van der Waals surface area contributed by atoms with Crippen LogP contribution in [0.4, 0.5) is 5.13 Å². The maximum Gasteiger partial charge on any atom is 0.352 e. The number of methoxy groups -OCH3 is 1. The van der Waals surface area contributed by atoms with Gasteiger partial charge in [0.2, 0.25) is 0 Å². The fourth-order valence-electron chi connectivity index (χ4n) is 3.66. The molecule has 0 unspecified atom stereocenters. The monoisotopic (exact) mass is 521 g/mol. The number of nitrogens with two attached hydrogens (primary N) is 1. The number of hydrogen-bond acceptors (Lipinski definition) is 12. The first-order chi connectivity index (χ1) is 16.7. The lowest BCUT2D eigenvalue weighted by Gasteiger charge is -2.49. The molecule has 0 radical (unpaired) electrons. The lowest BCUT2D eigenvalue weighted by Crippen LogP contribution is -2.71. The topological polar surface area (TPSA) is 183 Å². The van der Waals surface area contributed by atoms with Crippen LogP contribution >= 0.6 is 23.1 Å². The van der Waals surface area contributed by atoms with Crippen LogP contribution in [0, 0.1) is 0 Å². The number of hydrogen-bond donors (Lipinski definition) is 3. The quantitative estimate of drug-likeness (QED) is 0.192. The number of aliphatic carboxylic acids is 1. The molecule has 1 aromatic rings. The van der Waals surface area contributed by atoms with Gasteiger partial charge in [-0.05, 0) is 18.6 Å². The van der Waals surface area contributed by atoms with Crippen molar-refractivity contribution in [3.05, 3.63) is 45.5 Å². The molecule has 0 spiro atoms. The predicted octanol–water partition coefficient (Wildman–Crippen LogP) is 0.176. The zero-order valence-corrected chi connectivity index (χ0v) is 20.2. The maximum absolute atomic E-state index is 12.9. The number of allylic oxidation sites excluding steroid dienone is 1. The minimum atomic E-state index is -1.34. The second-order valence-electron chi connectivity index (χ2n) is 7.29. The number of nitrogen functional groups attached to an aromatic ring is 1. The minimum Gasteiger partial charge on any atom is -0.492 e. The highest BCUT2D eigenvalue weighted by molar-refractivity contribution is 8.00. The van der Waals surface area contributed by atoms with Gasteiger partial charge in [0.05, 0.1) is 12.7 Å². The minimum absolute atomic E-state index is 0.0589. The summed E-state index contributed by atoms with van der Waals surface area (Å²) in [6, 6.07) is -1.00. The Morgan fingerprint density at radius 1 is 1.40 bits per heavy atom. The molecule has 1 aromatic heterocycles. The molecular weight excluding hydrogens is 502 g/mol. The lowest BCUT2D eigenvalue weighted by molar-refractivity contribution is -0.150. The van der Waals surface area contributed by atoms with Crippen molar-refractivity contribution < 1.29 is 38.6 Å². The molecular formula is C20H19N5O8S2. The fourth-order valence-corrected chi connectivity index (χ4v) is 5.52. The number of thiazole rings is 1. The average Bonchev–Trinajstić information content (AvgIpc) is 3.37. The molecule has 3 aliphatic heterocycles. The number of oxime groups is 1. The van der Waals surface area contributed by atoms with Crippen molar-refractivity contribution in [1.29, 1.82) is 0 Å². The fraction of sp³-hybridized carbons (Fsp3) is 0.300. The Balaban J connectivity index is 1.58. The molecule has 4 rings (SSSR count). The molecule has 0 bridgehead atoms. The highest BCUT2D eigenvalue weighted by atomic mass is 32.2. The summed E-state index contributed by atoms with van der Waals surface area (Å²) in [4.78, 5) is 59.5. The summed E-state index contributed by atoms with van der Waals surface area (Å²) < 4.78 is 10.4. The number of aromatic nitrogens is 1. The van der Waals surface area contributed by atoms with Crippen molar-refractivity contribution in [2.24, 2.45) is 5.16 Å². The molecule has 2 amide bonds. The summed E-state index contributed by atoms with van der Waals surface area (Å²) in [6.45, 7) is 1.52. The Labute approximate surface area is 206 Å². The lowest BCUT2D eigenvalue weighted by atomic mass is 10.0. The summed E-state index contributed by atoms with van der Waals surface area (Å²) in [5.41, 5.74) is 5.85. The number of fused-ring (bicyclic) bond motifs is 1. The number of carbonyl (C=O) groups is 4. The number of anilines is 1. The van der Waals surface area contributed by atoms with Gasteiger partial charge in [-0.3, -0.25) is 14.5 Å². The average molecular weight is 522 g/mol. The van der Waals surface area contributed by atoms with E-state index in [1.807, 2.05) is 0 Å². The first kappa shape index (κ1) is 24.3. The van der Waals surface area contributed by atoms with Crippen LogP contribution in [-0.2, 0) is 33.5 Å². The number of rotatable bonds is 7. The first-order valence-corrected chi connectivity index (χ1v) is 11.8. The summed E-state index contributed by atoms with van der Waals surface area (Å²) in [6.07, 6.45) is 1.37. The van der Waals surface area contributed by atoms with Gasteiger partial charge < -0.3 is 30.5 Å². The smallest absolute Gasteiger partial charge is 0.352 e. The van der Waals surface area contributed by atoms with Crippen molar-refractivity contribution >= 4 is 57.7 Å². The molecule has 1 fully saturated rings. The molecule has 0 saturated carbocycles. The van der Waals surface area contributed by atoms with Gasteiger partial charge in [-0.1, -0.05) is 5.16 Å². The Morgan fingerprint density at radius 3 is 2.74 bits per heavy atom. The van der Waals surface area contributed by atoms with E-state index in [1.165, 1.54) is 44.4 Å². The summed E-state index contributed by atoms with van der Waals surface area (Å²) in [5, 5.41) is 17.2. The molecule has 1 saturated heterocycles. The third-order valence-corrected chi connectivity index (χ3v) is 7.21. The molecule has 2 atom stereocenters. The number of β-lactam (4-membered cyclic amide) rings is 1. The Bertz CT molecular complexity index is 1260. The van der Waals surface area contributed by atoms with Gasteiger partial charge in [0.1, 0.15) is 29.9 Å². The molecule has 0 aliphatic carbocycles. The van der Waals surface area contributed by atoms with Gasteiger partial charge in [0, 0.05) is 11.1 Å². The van der Waals surface area contributed by atoms with Crippen LogP contribution < -0.4 is 11.1 Å². The van der Waals surface area contributed by atoms with E-state index in [9.17, 15) is 24.3 Å². The van der Waals surface area contributed by atoms with E-state index >= 15 is 0 Å². The normalized spacial score (nSPS) is 23.2. The third kappa shape index (κ3) is 4.23. The van der Waals surface area contributed by atoms with Gasteiger partial charge >= 0.3 is 11.9 Å². The number of cyclic esters (lactones) is 1. The van der Waals surface area contributed by atoms with Crippen molar-refractivity contribution in [2.75, 3.05) is 25.7 Å². The highest BCUT2D eigenvalue weighted by Gasteiger charge is 2.54. The number of amides is 2. The number of nitrogens with zero attached hydrogens (tertiary/aromatic N) is 3. The number of ether oxygens (including phenoxy) is 2. The summed E-state index contributed by atoms with van der Waals surface area (Å²) in [7, 11) is 2.61. The van der Waals surface area contributed by atoms with Gasteiger partial charge in [-0.15, -0.1) is 23.1 Å². The summed E-state index contributed by atoms with van der Waals surface area (Å²) in [5.74, 6) is -2.89. The molecule has 15 heteroatoms. The van der Waals surface area contributed by atoms with Crippen LogP contribution in [0.5, 0.6) is 0 Å². The van der Waals surface area contributed by atoms with E-state index in [4.69, 9.17) is 20.0 Å². The van der Waals surface area contributed by atoms with Crippen LogP contribution in [0.2, 0.25) is 0 Å². The van der Waals surface area contributed by atoms with E-state index in [1.54, 1.807) is 0 Å². The molecule has 184 valence electrons. The first-order valence-electron chi connectivity index (χ1n) is 9.91. The van der Waals surface area contributed by atoms with Gasteiger partial charge in [0.25, 0.3) is 11.8 Å². The zero-order valence-electron chi connectivity index (χ0n) is 18.6. The second kappa shape index (κ2) is 9.42. The van der Waals surface area contributed by atoms with Crippen LogP contribution in [0.15, 0.2) is 45.0 Å². The van der Waals surface area contributed by atoms with Crippen molar-refractivity contribution in [3.63, 3.8) is 0 Å². The predicted molar refractivity (Wildman–Crippen MR) is 124 cm³/mol. The van der Waals surface area contributed by atoms with Crippen LogP contribution in [0.1, 0.15) is 12.6 Å². The number of carboxylic acid groups (broad SMARTS) is 1. The van der Waals surface area contributed by atoms with Crippen LogP contribution in [0.3, 0.4) is 0 Å². The molecule has 4 heterocycles. The number of thioether (sulfide) groups is 1. The molecule has 13 nitrogen and oxygen atoms in total. The zero-order chi connectivity index (χ0) is 25.4. The largest absolute Gasteiger partial charge is 0.492 e. The molecule has 35 heavy (non-hydrogen) atoms. The Kier molecular flexibility index (Phi) is 6.53. The van der Waals surface area contributed by atoms with Crippen molar-refractivity contribution in [2.45, 2.75) is 18.3 Å². The van der Waals surface area contributed by atoms with E-state index < -0.39 is 35.2 Å². The van der Waals surface area contributed by atoms with Crippen LogP contribution in [-0.4, -0.2) is 75.8 Å². The summed E-state index contributed by atoms with van der Waals surface area (Å²) >= 11 is 2.34. The standard InChI is InChI=1S/C20H19N5O8S2/c1-7-14(31-2)10(33-19(7)30)4-8-5-34-17-12(16(27)25(17)13(8)18(28)29)23-15(26)11(24-32-3)9-6-35-20(21)22-9/h4,6,12,17H,5H2,1-3H3,(H2,21,22)(H,23,26)(H,28,29)/b10-4+,24-11-/t12-,17-/m1/s1. The van der Waals surface area contributed by atoms with Gasteiger partial charge in [-0.2, -0.15) is 0 Å². The maximum atomic E-state index is 12.9. The van der Waals surface area contributed by atoms with Crippen molar-refractivity contribution in [1.82, 2.24) is 15.2 Å². The van der Waals surface area contributed by atoms with E-state index in [2.05, 4.69) is 15.5 Å². The van der Waals surface area contributed by atoms with E-state index in [0.29, 0.717) is 0 Å². The van der Waals surface area contributed by atoms with Crippen LogP contribution in [0.25, 0.3) is 0 Å². The third-order valence-electron chi connectivity index (χ3n) is 5.23. The number of carbonyl (C=O) groups excluding carboxylic acids is 3. The van der Waals surface area contributed by atoms with E-state index in [-0.39, 0.29) is 50.7 Å². The Hall–Kier alpha value is -3.85. The van der Waals surface area contributed by atoms with E-state index in [0.717, 1.165) is 16.2 Å². The number of esters is 1. The second-order valence-corrected chi connectivity index (χ2v) is 9.28. The van der Waals surface area contributed by atoms with Gasteiger partial charge in [0.15, 0.2) is 22.4 Å². The molecule has 3 aliphatic rings. The number of nitrogens with one attached hydrogen (secondary N) is 1. The molecule has 4 N–H and O–H groups in total. The number of carboxylic acids is 1. The highest BCUT2D eigenvalue weighted by Crippen LogP contribution is 2.41.